The number of allylic oxidation sites excluding steroid dienone is 1. The average molecular weight is 472 g/mol. The molecule has 1 aromatic heterocycles. The molecule has 0 aliphatic heterocycles. The van der Waals surface area contributed by atoms with Crippen LogP contribution in [0, 0.1) is 11.8 Å². The molecule has 0 bridgehead atoms. The van der Waals surface area contributed by atoms with Crippen molar-refractivity contribution in [3.63, 3.8) is 0 Å². The first-order chi connectivity index (χ1) is 13.9. The first kappa shape index (κ1) is 22.4. The minimum atomic E-state index is -0.491. The van der Waals surface area contributed by atoms with E-state index in [1.807, 2.05) is 42.5 Å². The summed E-state index contributed by atoms with van der Waals surface area (Å²) in [4.78, 5) is 13.1. The maximum Gasteiger partial charge on any atom is 0.348 e. The van der Waals surface area contributed by atoms with E-state index in [0.29, 0.717) is 21.3 Å². The minimum Gasteiger partial charge on any atom is -0.465 e. The number of aliphatic hydroxyl groups is 1. The molecular formula is C22H21Cl3O3S. The van der Waals surface area contributed by atoms with Gasteiger partial charge in [-0.1, -0.05) is 41.4 Å². The second-order valence-corrected chi connectivity index (χ2v) is 9.50. The highest BCUT2D eigenvalue weighted by atomic mass is 35.5. The molecule has 1 aliphatic rings. The third-order valence-electron chi connectivity index (χ3n) is 4.97. The zero-order chi connectivity index (χ0) is 21.0. The fourth-order valence-electron chi connectivity index (χ4n) is 3.55. The highest BCUT2D eigenvalue weighted by molar-refractivity contribution is 7.14. The number of benzene rings is 1. The van der Waals surface area contributed by atoms with Gasteiger partial charge in [0.05, 0.1) is 13.2 Å². The molecule has 0 saturated heterocycles. The lowest BCUT2D eigenvalue weighted by molar-refractivity contribution is 0.0606. The van der Waals surface area contributed by atoms with E-state index in [9.17, 15) is 9.90 Å². The number of carbonyl (C=O) groups is 1. The highest BCUT2D eigenvalue weighted by Gasteiger charge is 2.39. The largest absolute Gasteiger partial charge is 0.465 e. The van der Waals surface area contributed by atoms with Crippen molar-refractivity contribution in [1.29, 1.82) is 0 Å². The summed E-state index contributed by atoms with van der Waals surface area (Å²) in [5.41, 5.74) is 0.885. The van der Waals surface area contributed by atoms with E-state index in [0.717, 1.165) is 16.9 Å². The summed E-state index contributed by atoms with van der Waals surface area (Å²) < 4.78 is 4.73. The second kappa shape index (κ2) is 10.1. The fourth-order valence-corrected chi connectivity index (χ4v) is 5.41. The molecule has 4 atom stereocenters. The van der Waals surface area contributed by atoms with E-state index in [-0.39, 0.29) is 23.2 Å². The maximum atomic E-state index is 11.6. The van der Waals surface area contributed by atoms with E-state index < -0.39 is 6.10 Å². The van der Waals surface area contributed by atoms with Gasteiger partial charge in [-0.25, -0.2) is 4.79 Å². The number of esters is 1. The third-order valence-corrected chi connectivity index (χ3v) is 6.94. The quantitative estimate of drug-likeness (QED) is 0.383. The van der Waals surface area contributed by atoms with E-state index in [1.54, 1.807) is 12.1 Å². The van der Waals surface area contributed by atoms with Crippen LogP contribution in [0.25, 0.3) is 12.2 Å². The van der Waals surface area contributed by atoms with Crippen LogP contribution < -0.4 is 0 Å². The Hall–Kier alpha value is -1.30. The number of aliphatic hydroxyl groups excluding tert-OH is 1. The van der Waals surface area contributed by atoms with Crippen molar-refractivity contribution in [2.45, 2.75) is 24.3 Å². The number of ether oxygens (including phenoxy) is 1. The molecule has 0 amide bonds. The Kier molecular flexibility index (Phi) is 7.83. The molecule has 1 aliphatic carbocycles. The van der Waals surface area contributed by atoms with Crippen LogP contribution in [0.2, 0.25) is 10.0 Å². The predicted octanol–water partition coefficient (Wildman–Crippen LogP) is 6.56. The first-order valence-electron chi connectivity index (χ1n) is 9.18. The van der Waals surface area contributed by atoms with E-state index in [1.165, 1.54) is 18.4 Å². The summed E-state index contributed by atoms with van der Waals surface area (Å²) in [6.45, 7) is 0. The Morgan fingerprint density at radius 3 is 2.66 bits per heavy atom. The average Bonchev–Trinajstić information content (AvgIpc) is 3.23. The molecule has 1 heterocycles. The smallest absolute Gasteiger partial charge is 0.348 e. The summed E-state index contributed by atoms with van der Waals surface area (Å²) in [5.74, 6) is -0.288. The molecule has 29 heavy (non-hydrogen) atoms. The molecule has 3 rings (SSSR count). The van der Waals surface area contributed by atoms with Gasteiger partial charge in [-0.05, 0) is 60.7 Å². The van der Waals surface area contributed by atoms with Crippen molar-refractivity contribution >= 4 is 64.3 Å². The number of alkyl halides is 1. The third kappa shape index (κ3) is 5.87. The lowest BCUT2D eigenvalue weighted by Gasteiger charge is -2.19. The lowest BCUT2D eigenvalue weighted by atomic mass is 9.90. The van der Waals surface area contributed by atoms with Crippen LogP contribution in [0.5, 0.6) is 0 Å². The molecule has 7 heteroatoms. The van der Waals surface area contributed by atoms with Gasteiger partial charge in [-0.3, -0.25) is 0 Å². The Morgan fingerprint density at radius 1 is 1.24 bits per heavy atom. The number of rotatable bonds is 6. The number of thiophene rings is 1. The lowest BCUT2D eigenvalue weighted by Crippen LogP contribution is -2.18. The van der Waals surface area contributed by atoms with Gasteiger partial charge in [0.25, 0.3) is 0 Å². The maximum absolute atomic E-state index is 11.6. The monoisotopic (exact) mass is 470 g/mol. The molecule has 1 saturated carbocycles. The van der Waals surface area contributed by atoms with Crippen LogP contribution in [-0.2, 0) is 4.74 Å². The zero-order valence-corrected chi connectivity index (χ0v) is 18.8. The molecule has 1 fully saturated rings. The molecule has 3 nitrogen and oxygen atoms in total. The predicted molar refractivity (Wildman–Crippen MR) is 122 cm³/mol. The number of methoxy groups -OCH3 is 1. The van der Waals surface area contributed by atoms with Crippen LogP contribution in [0.3, 0.4) is 0 Å². The van der Waals surface area contributed by atoms with Gasteiger partial charge in [0.15, 0.2) is 0 Å². The summed E-state index contributed by atoms with van der Waals surface area (Å²) in [5, 5.41) is 11.5. The number of hydrogen-bond donors (Lipinski definition) is 1. The molecule has 2 aromatic rings. The van der Waals surface area contributed by atoms with Crippen molar-refractivity contribution in [1.82, 2.24) is 0 Å². The molecule has 0 radical (unpaired) electrons. The standard InChI is InChI=1S/C22H21Cl3O3S/c1-28-22(27)21-8-6-16(29-21)3-2-4-17-18(20(26)12-19(17)25)7-5-13-9-14(23)11-15(24)10-13/h2-3,5-11,17-20,26H,4,12H2,1H3/b3-2+,7-5+/t17-,18-,19-,20-/m1/s1. The van der Waals surface area contributed by atoms with Gasteiger partial charge in [0.2, 0.25) is 0 Å². The summed E-state index contributed by atoms with van der Waals surface area (Å²) >= 11 is 20.0. The first-order valence-corrected chi connectivity index (χ1v) is 11.2. The topological polar surface area (TPSA) is 46.5 Å². The van der Waals surface area contributed by atoms with Crippen LogP contribution in [0.15, 0.2) is 42.5 Å². The molecular weight excluding hydrogens is 451 g/mol. The van der Waals surface area contributed by atoms with Crippen molar-refractivity contribution in [2.75, 3.05) is 7.11 Å². The summed E-state index contributed by atoms with van der Waals surface area (Å²) in [6.07, 6.45) is 8.73. The Labute approximate surface area is 189 Å². The minimum absolute atomic E-state index is 0.0612. The molecule has 154 valence electrons. The zero-order valence-electron chi connectivity index (χ0n) is 15.7. The van der Waals surface area contributed by atoms with Gasteiger partial charge >= 0.3 is 5.97 Å². The van der Waals surface area contributed by atoms with Crippen molar-refractivity contribution in [3.8, 4) is 0 Å². The molecule has 1 N–H and O–H groups in total. The van der Waals surface area contributed by atoms with Gasteiger partial charge in [-0.15, -0.1) is 22.9 Å². The van der Waals surface area contributed by atoms with Gasteiger partial charge in [-0.2, -0.15) is 0 Å². The van der Waals surface area contributed by atoms with Crippen molar-refractivity contribution < 1.29 is 14.6 Å². The molecule has 0 spiro atoms. The second-order valence-electron chi connectivity index (χ2n) is 6.95. The van der Waals surface area contributed by atoms with Gasteiger partial charge in [0.1, 0.15) is 4.88 Å². The Bertz CT molecular complexity index is 902. The Morgan fingerprint density at radius 2 is 1.97 bits per heavy atom. The van der Waals surface area contributed by atoms with Crippen molar-refractivity contribution in [2.24, 2.45) is 11.8 Å². The van der Waals surface area contributed by atoms with Crippen molar-refractivity contribution in [3.05, 3.63) is 67.8 Å². The van der Waals surface area contributed by atoms with E-state index >= 15 is 0 Å². The number of halogens is 3. The number of hydrogen-bond acceptors (Lipinski definition) is 4. The van der Waals surface area contributed by atoms with Crippen LogP contribution in [0.1, 0.15) is 33.0 Å². The van der Waals surface area contributed by atoms with Gasteiger partial charge in [0, 0.05) is 26.2 Å². The Balaban J connectivity index is 1.68. The summed E-state index contributed by atoms with van der Waals surface area (Å²) in [6, 6.07) is 8.97. The highest BCUT2D eigenvalue weighted by Crippen LogP contribution is 2.40. The van der Waals surface area contributed by atoms with E-state index in [4.69, 9.17) is 39.5 Å². The van der Waals surface area contributed by atoms with Crippen LogP contribution in [0.4, 0.5) is 0 Å². The van der Waals surface area contributed by atoms with Gasteiger partial charge < -0.3 is 9.84 Å². The fraction of sp³-hybridized carbons (Fsp3) is 0.318. The number of carbonyl (C=O) groups excluding carboxylic acids is 1. The SMILES string of the molecule is COC(=O)c1ccc(/C=C/C[C@@H]2[C@@H](/C=C/c3cc(Cl)cc(Cl)c3)[C@H](O)C[C@H]2Cl)s1. The van der Waals surface area contributed by atoms with E-state index in [2.05, 4.69) is 0 Å². The summed E-state index contributed by atoms with van der Waals surface area (Å²) in [7, 11) is 1.37. The molecule has 0 unspecified atom stereocenters. The normalized spacial score (nSPS) is 24.6. The molecule has 1 aromatic carbocycles. The van der Waals surface area contributed by atoms with Crippen LogP contribution in [-0.4, -0.2) is 29.7 Å². The van der Waals surface area contributed by atoms with Crippen LogP contribution >= 0.6 is 46.1 Å².